The lowest BCUT2D eigenvalue weighted by atomic mass is 9.47. The summed E-state index contributed by atoms with van der Waals surface area (Å²) in [5.41, 5.74) is -0.799. The number of aliphatic carboxylic acids is 1. The van der Waals surface area contributed by atoms with E-state index in [4.69, 9.17) is 0 Å². The summed E-state index contributed by atoms with van der Waals surface area (Å²) in [7, 11) is 0. The van der Waals surface area contributed by atoms with Gasteiger partial charge in [0.25, 0.3) is 0 Å². The van der Waals surface area contributed by atoms with E-state index in [9.17, 15) is 59.6 Å². The van der Waals surface area contributed by atoms with Crippen LogP contribution in [0, 0.1) is 28.6 Å². The Morgan fingerprint density at radius 1 is 0.854 bits per heavy atom. The highest BCUT2D eigenvalue weighted by atomic mass is 19.4. The quantitative estimate of drug-likeness (QED) is 0.126. The molecule has 0 aliphatic heterocycles. The fourth-order valence-corrected chi connectivity index (χ4v) is 9.44. The number of carboxylic acid groups (broad SMARTS) is 1. The number of rotatable bonds is 15. The summed E-state index contributed by atoms with van der Waals surface area (Å²) in [5, 5.41) is 32.4. The molecule has 0 amide bonds. The zero-order chi connectivity index (χ0) is 35.9. The summed E-state index contributed by atoms with van der Waals surface area (Å²) in [4.78, 5) is 13.5. The van der Waals surface area contributed by atoms with Crippen LogP contribution >= 0.6 is 0 Å². The molecule has 0 spiro atoms. The van der Waals surface area contributed by atoms with Gasteiger partial charge in [-0.25, -0.2) is 0 Å². The van der Waals surface area contributed by atoms with E-state index in [0.29, 0.717) is 44.1 Å². The molecule has 0 saturated heterocycles. The van der Waals surface area contributed by atoms with Gasteiger partial charge in [-0.1, -0.05) is 58.4 Å². The number of fused-ring (bicyclic) bond motifs is 5. The maximum atomic E-state index is 14.7. The third kappa shape index (κ3) is 6.66. The second-order valence-corrected chi connectivity index (χ2v) is 14.8. The van der Waals surface area contributed by atoms with E-state index in [1.54, 1.807) is 6.07 Å². The largest absolute Gasteiger partial charge is 0.508 e. The van der Waals surface area contributed by atoms with Crippen molar-refractivity contribution in [1.29, 1.82) is 0 Å². The Morgan fingerprint density at radius 2 is 1.48 bits per heavy atom. The Labute approximate surface area is 275 Å². The summed E-state index contributed by atoms with van der Waals surface area (Å²) in [5.74, 6) is -22.5. The molecule has 3 aliphatic carbocycles. The van der Waals surface area contributed by atoms with Gasteiger partial charge in [0.05, 0.1) is 11.5 Å². The fourth-order valence-electron chi connectivity index (χ4n) is 9.44. The third-order valence-electron chi connectivity index (χ3n) is 12.1. The van der Waals surface area contributed by atoms with Gasteiger partial charge in [-0.3, -0.25) is 4.79 Å². The first-order valence-corrected chi connectivity index (χ1v) is 17.1. The van der Waals surface area contributed by atoms with Crippen molar-refractivity contribution < 1.29 is 59.6 Å². The van der Waals surface area contributed by atoms with E-state index in [0.717, 1.165) is 31.2 Å². The van der Waals surface area contributed by atoms with Crippen LogP contribution in [0.25, 0.3) is 0 Å². The van der Waals surface area contributed by atoms with E-state index in [2.05, 4.69) is 0 Å². The van der Waals surface area contributed by atoms with Crippen LogP contribution < -0.4 is 0 Å². The molecule has 0 radical (unpaired) electrons. The number of aliphatic hydroxyl groups excluding tert-OH is 1. The number of carbonyl (C=O) groups is 1. The number of phenols is 1. The highest BCUT2D eigenvalue weighted by Gasteiger charge is 2.81. The average Bonchev–Trinajstić information content (AvgIpc) is 3.30. The Hall–Kier alpha value is -2.18. The first-order valence-electron chi connectivity index (χ1n) is 17.1. The molecule has 0 bridgehead atoms. The van der Waals surface area contributed by atoms with Crippen LogP contribution in [0.3, 0.4) is 0 Å². The molecule has 0 heterocycles. The number of phenolic OH excluding ortho intramolecular Hbond substituents is 1. The van der Waals surface area contributed by atoms with Crippen molar-refractivity contribution in [3.63, 3.8) is 0 Å². The van der Waals surface area contributed by atoms with Crippen molar-refractivity contribution in [2.45, 2.75) is 146 Å². The molecule has 3 aliphatic rings. The summed E-state index contributed by atoms with van der Waals surface area (Å²) in [6.45, 7) is 3.97. The minimum atomic E-state index is -7.01. The molecule has 1 aromatic rings. The molecule has 2 fully saturated rings. The molecule has 13 heteroatoms. The molecule has 274 valence electrons. The topological polar surface area (TPSA) is 77.8 Å². The minimum Gasteiger partial charge on any atom is -0.508 e. The van der Waals surface area contributed by atoms with Gasteiger partial charge in [-0.15, -0.1) is 0 Å². The Bertz CT molecular complexity index is 1290. The predicted molar refractivity (Wildman–Crippen MR) is 160 cm³/mol. The number of unbranched alkanes of at least 4 members (excludes halogenated alkanes) is 5. The van der Waals surface area contributed by atoms with E-state index < -0.39 is 72.0 Å². The SMILES string of the molecule is CCCCCCCCC(CCCC(F)(F)C(F)(F)C(F)(F)C(F)(F)F)(C(=O)O)C1Cc2cc(O)ccc2C2CC[C@]3(C)C(O)CCC3C21. The fraction of sp³-hybridized carbons (Fsp3) is 0.800. The number of hydrogen-bond acceptors (Lipinski definition) is 3. The maximum absolute atomic E-state index is 14.7. The molecule has 48 heavy (non-hydrogen) atoms. The minimum absolute atomic E-state index is 0.0385. The first-order chi connectivity index (χ1) is 22.2. The average molecular weight is 703 g/mol. The molecule has 0 aromatic heterocycles. The van der Waals surface area contributed by atoms with Crippen LogP contribution in [0.2, 0.25) is 0 Å². The number of alkyl halides is 9. The van der Waals surface area contributed by atoms with Crippen molar-refractivity contribution in [3.05, 3.63) is 29.3 Å². The first kappa shape index (κ1) is 38.6. The number of benzene rings is 1. The van der Waals surface area contributed by atoms with Crippen LogP contribution in [-0.2, 0) is 11.2 Å². The monoisotopic (exact) mass is 702 g/mol. The molecule has 6 unspecified atom stereocenters. The molecular formula is C35H47F9O4. The van der Waals surface area contributed by atoms with E-state index in [1.165, 1.54) is 12.1 Å². The van der Waals surface area contributed by atoms with Gasteiger partial charge in [-0.2, -0.15) is 39.5 Å². The predicted octanol–water partition coefficient (Wildman–Crippen LogP) is 10.3. The van der Waals surface area contributed by atoms with Crippen LogP contribution in [0.15, 0.2) is 18.2 Å². The normalized spacial score (nSPS) is 29.1. The molecule has 4 nitrogen and oxygen atoms in total. The number of halogens is 9. The number of hydrogen-bond donors (Lipinski definition) is 3. The van der Waals surface area contributed by atoms with Gasteiger partial charge < -0.3 is 15.3 Å². The number of aromatic hydroxyl groups is 1. The van der Waals surface area contributed by atoms with Crippen molar-refractivity contribution in [3.8, 4) is 5.75 Å². The van der Waals surface area contributed by atoms with Gasteiger partial charge >= 0.3 is 29.9 Å². The third-order valence-corrected chi connectivity index (χ3v) is 12.1. The van der Waals surface area contributed by atoms with Crippen molar-refractivity contribution in [2.24, 2.45) is 28.6 Å². The van der Waals surface area contributed by atoms with Crippen LogP contribution in [0.5, 0.6) is 5.75 Å². The molecule has 1 aromatic carbocycles. The van der Waals surface area contributed by atoms with Gasteiger partial charge in [0, 0.05) is 6.42 Å². The summed E-state index contributed by atoms with van der Waals surface area (Å²) >= 11 is 0. The molecule has 2 saturated carbocycles. The lowest BCUT2D eigenvalue weighted by Crippen LogP contribution is -2.60. The Kier molecular flexibility index (Phi) is 11.1. The lowest BCUT2D eigenvalue weighted by Gasteiger charge is -2.56. The van der Waals surface area contributed by atoms with Crippen molar-refractivity contribution in [2.75, 3.05) is 0 Å². The van der Waals surface area contributed by atoms with Crippen LogP contribution in [0.1, 0.15) is 121 Å². The second-order valence-electron chi connectivity index (χ2n) is 14.8. The van der Waals surface area contributed by atoms with E-state index in [1.807, 2.05) is 13.8 Å². The Morgan fingerprint density at radius 3 is 2.10 bits per heavy atom. The highest BCUT2D eigenvalue weighted by Crippen LogP contribution is 2.66. The lowest BCUT2D eigenvalue weighted by molar-refractivity contribution is -0.396. The summed E-state index contributed by atoms with van der Waals surface area (Å²) in [6, 6.07) is 4.85. The van der Waals surface area contributed by atoms with Crippen LogP contribution in [-0.4, -0.2) is 51.3 Å². The maximum Gasteiger partial charge on any atom is 0.460 e. The number of carboxylic acids is 1. The smallest absolute Gasteiger partial charge is 0.460 e. The van der Waals surface area contributed by atoms with Crippen molar-refractivity contribution >= 4 is 5.97 Å². The zero-order valence-corrected chi connectivity index (χ0v) is 27.4. The summed E-state index contributed by atoms with van der Waals surface area (Å²) < 4.78 is 123. The van der Waals surface area contributed by atoms with Gasteiger partial charge in [0.15, 0.2) is 0 Å². The van der Waals surface area contributed by atoms with E-state index >= 15 is 0 Å². The molecular weight excluding hydrogens is 655 g/mol. The second kappa shape index (κ2) is 13.9. The standard InChI is InChI=1S/C35H47F9O4/c1-3-4-5-6-7-8-15-31(29(47)48,16-9-17-32(36,37)33(38,39)34(40,41)35(42,43)44)26-20-21-19-22(45)10-11-23(21)24-14-18-30(2)25(28(24)26)12-13-27(30)46/h10-11,19,24-28,45-46H,3-9,12-18,20H2,1-2H3,(H,47,48)/t24?,25?,26?,27?,28?,30-,31?/m0/s1. The van der Waals surface area contributed by atoms with Gasteiger partial charge in [0.1, 0.15) is 5.75 Å². The molecule has 3 N–H and O–H groups in total. The number of aliphatic hydroxyl groups is 1. The van der Waals surface area contributed by atoms with Crippen molar-refractivity contribution in [1.82, 2.24) is 0 Å². The van der Waals surface area contributed by atoms with Gasteiger partial charge in [0.2, 0.25) is 0 Å². The zero-order valence-electron chi connectivity index (χ0n) is 27.4. The van der Waals surface area contributed by atoms with Gasteiger partial charge in [-0.05, 0) is 104 Å². The van der Waals surface area contributed by atoms with Crippen LogP contribution in [0.4, 0.5) is 39.5 Å². The summed E-state index contributed by atoms with van der Waals surface area (Å²) in [6.07, 6.45) is -4.52. The molecule has 7 atom stereocenters. The highest BCUT2D eigenvalue weighted by molar-refractivity contribution is 5.75. The molecule has 4 rings (SSSR count). The van der Waals surface area contributed by atoms with E-state index in [-0.39, 0.29) is 36.3 Å². The Balaban J connectivity index is 1.75.